The van der Waals surface area contributed by atoms with Crippen LogP contribution in [0.3, 0.4) is 0 Å². The molecule has 0 saturated carbocycles. The van der Waals surface area contributed by atoms with Gasteiger partial charge < -0.3 is 9.79 Å². The van der Waals surface area contributed by atoms with Crippen molar-refractivity contribution in [2.24, 2.45) is 0 Å². The Kier molecular flexibility index (Phi) is 8.88. The number of hydrogen-bond donors (Lipinski definition) is 2. The molecule has 0 aliphatic rings. The van der Waals surface area contributed by atoms with E-state index < -0.39 is 12.8 Å². The summed E-state index contributed by atoms with van der Waals surface area (Å²) < 4.78 is 15.9. The van der Waals surface area contributed by atoms with Crippen molar-refractivity contribution in [1.82, 2.24) is 9.13 Å². The Morgan fingerprint density at radius 1 is 0.711 bits per heavy atom. The van der Waals surface area contributed by atoms with Gasteiger partial charge in [-0.1, -0.05) is 106 Å². The average molecular weight is 533 g/mol. The smallest absolute Gasteiger partial charge is 0.324 e. The molecule has 1 aromatic heterocycles. The summed E-state index contributed by atoms with van der Waals surface area (Å²) >= 11 is 0. The fourth-order valence-electron chi connectivity index (χ4n) is 5.38. The largest absolute Gasteiger partial charge is 0.333 e. The minimum Gasteiger partial charge on any atom is -0.324 e. The maximum Gasteiger partial charge on any atom is 0.333 e. The van der Waals surface area contributed by atoms with E-state index in [1.807, 2.05) is 109 Å². The van der Waals surface area contributed by atoms with Gasteiger partial charge in [-0.15, -0.1) is 0 Å². The van der Waals surface area contributed by atoms with Gasteiger partial charge in [-0.05, 0) is 37.8 Å². The molecule has 0 atom stereocenters. The lowest BCUT2D eigenvalue weighted by Gasteiger charge is -2.32. The Hall–Kier alpha value is -3.18. The number of imidazole rings is 1. The Bertz CT molecular complexity index is 1420. The second-order valence-electron chi connectivity index (χ2n) is 9.82. The number of hydrogen-bond acceptors (Lipinski definition) is 2. The zero-order chi connectivity index (χ0) is 27.2. The van der Waals surface area contributed by atoms with Gasteiger partial charge in [-0.25, -0.2) is 4.79 Å². The first-order valence-electron chi connectivity index (χ1n) is 13.4. The molecule has 0 aliphatic carbocycles. The fraction of sp³-hybridized carbons (Fsp3) is 0.323. The Morgan fingerprint density at radius 2 is 1.21 bits per heavy atom. The summed E-state index contributed by atoms with van der Waals surface area (Å²) in [6.45, 7) is 4.22. The first kappa shape index (κ1) is 27.8. The summed E-state index contributed by atoms with van der Waals surface area (Å²) in [6, 6.07) is 29.7. The molecule has 3 aromatic carbocycles. The molecule has 0 bridgehead atoms. The third-order valence-corrected chi connectivity index (χ3v) is 9.80. The van der Waals surface area contributed by atoms with Gasteiger partial charge in [-0.3, -0.25) is 13.7 Å². The standard InChI is InChI=1S/C31H37N2O4P/c1-3-31(4-2,38(35,36)37)23-15-8-16-24-32-28(25-17-9-5-10-18-25)29(26-19-11-6-12-20-26)33(30(32)34)27-21-13-7-14-22-27/h5-7,9-14,17-22H,3-4,8,15-16,23-24H2,1-2H3,(H2,35,36,37). The molecule has 2 N–H and O–H groups in total. The second kappa shape index (κ2) is 12.1. The Labute approximate surface area is 224 Å². The lowest BCUT2D eigenvalue weighted by atomic mass is 9.95. The van der Waals surface area contributed by atoms with E-state index in [0.29, 0.717) is 32.2 Å². The van der Waals surface area contributed by atoms with Crippen molar-refractivity contribution < 1.29 is 14.4 Å². The highest BCUT2D eigenvalue weighted by Gasteiger charge is 2.42. The summed E-state index contributed by atoms with van der Waals surface area (Å²) in [5.74, 6) is 0. The van der Waals surface area contributed by atoms with E-state index in [-0.39, 0.29) is 5.69 Å². The predicted octanol–water partition coefficient (Wildman–Crippen LogP) is 7.27. The van der Waals surface area contributed by atoms with Gasteiger partial charge >= 0.3 is 13.3 Å². The molecule has 0 radical (unpaired) electrons. The molecular weight excluding hydrogens is 495 g/mol. The molecule has 7 heteroatoms. The zero-order valence-electron chi connectivity index (χ0n) is 22.2. The van der Waals surface area contributed by atoms with Crippen molar-refractivity contribution in [3.63, 3.8) is 0 Å². The van der Waals surface area contributed by atoms with Gasteiger partial charge in [0.05, 0.1) is 22.2 Å². The number of benzene rings is 3. The van der Waals surface area contributed by atoms with Gasteiger partial charge in [0.2, 0.25) is 0 Å². The van der Waals surface area contributed by atoms with Crippen LogP contribution in [-0.4, -0.2) is 24.1 Å². The van der Waals surface area contributed by atoms with Crippen LogP contribution in [0.5, 0.6) is 0 Å². The molecule has 4 rings (SSSR count). The molecule has 0 fully saturated rings. The molecule has 1 heterocycles. The Morgan fingerprint density at radius 3 is 1.71 bits per heavy atom. The molecule has 200 valence electrons. The Balaban J connectivity index is 1.72. The van der Waals surface area contributed by atoms with Crippen molar-refractivity contribution in [2.75, 3.05) is 0 Å². The molecule has 0 saturated heterocycles. The van der Waals surface area contributed by atoms with Crippen LogP contribution < -0.4 is 5.69 Å². The molecule has 0 unspecified atom stereocenters. The van der Waals surface area contributed by atoms with Crippen LogP contribution in [0.25, 0.3) is 28.2 Å². The number of aromatic nitrogens is 2. The summed E-state index contributed by atoms with van der Waals surface area (Å²) in [5, 5.41) is -0.962. The molecule has 0 amide bonds. The summed E-state index contributed by atoms with van der Waals surface area (Å²) in [5.41, 5.74) is 4.37. The highest BCUT2D eigenvalue weighted by molar-refractivity contribution is 7.53. The van der Waals surface area contributed by atoms with Crippen LogP contribution in [-0.2, 0) is 11.1 Å². The maximum absolute atomic E-state index is 14.0. The molecule has 0 spiro atoms. The first-order valence-corrected chi connectivity index (χ1v) is 15.0. The topological polar surface area (TPSA) is 84.5 Å². The zero-order valence-corrected chi connectivity index (χ0v) is 23.1. The molecule has 0 aliphatic heterocycles. The van der Waals surface area contributed by atoms with E-state index in [2.05, 4.69) is 0 Å². The van der Waals surface area contributed by atoms with Crippen LogP contribution in [0.4, 0.5) is 0 Å². The third-order valence-electron chi connectivity index (χ3n) is 7.71. The van der Waals surface area contributed by atoms with Crippen molar-refractivity contribution in [3.8, 4) is 28.2 Å². The van der Waals surface area contributed by atoms with Gasteiger partial charge in [0.25, 0.3) is 0 Å². The van der Waals surface area contributed by atoms with Crippen LogP contribution in [0.15, 0.2) is 95.8 Å². The highest BCUT2D eigenvalue weighted by atomic mass is 31.2. The quantitative estimate of drug-likeness (QED) is 0.148. The molecular formula is C31H37N2O4P. The van der Waals surface area contributed by atoms with Gasteiger partial charge in [0.1, 0.15) is 0 Å². The monoisotopic (exact) mass is 532 g/mol. The number of para-hydroxylation sites is 1. The van der Waals surface area contributed by atoms with E-state index in [9.17, 15) is 19.1 Å². The highest BCUT2D eigenvalue weighted by Crippen LogP contribution is 2.57. The lowest BCUT2D eigenvalue weighted by Crippen LogP contribution is -2.27. The van der Waals surface area contributed by atoms with Crippen molar-refractivity contribution >= 4 is 7.60 Å². The van der Waals surface area contributed by atoms with E-state index in [1.165, 1.54) is 0 Å². The second-order valence-corrected chi connectivity index (χ2v) is 11.9. The van der Waals surface area contributed by atoms with Crippen molar-refractivity contribution in [3.05, 3.63) is 101 Å². The van der Waals surface area contributed by atoms with Crippen LogP contribution in [0.1, 0.15) is 52.4 Å². The third kappa shape index (κ3) is 5.63. The predicted molar refractivity (Wildman–Crippen MR) is 155 cm³/mol. The average Bonchev–Trinajstić information content (AvgIpc) is 3.23. The van der Waals surface area contributed by atoms with Crippen LogP contribution in [0, 0.1) is 0 Å². The maximum atomic E-state index is 14.0. The number of unbranched alkanes of at least 4 members (excludes halogenated alkanes) is 2. The molecule has 4 aromatic rings. The van der Waals surface area contributed by atoms with Gasteiger partial charge in [0, 0.05) is 17.7 Å². The fourth-order valence-corrected chi connectivity index (χ4v) is 6.66. The first-order chi connectivity index (χ1) is 18.3. The van der Waals surface area contributed by atoms with Crippen LogP contribution in [0.2, 0.25) is 0 Å². The summed E-state index contributed by atoms with van der Waals surface area (Å²) in [7, 11) is -4.20. The number of nitrogens with zero attached hydrogens (tertiary/aromatic N) is 2. The molecule has 6 nitrogen and oxygen atoms in total. The summed E-state index contributed by atoms with van der Waals surface area (Å²) in [4.78, 5) is 34.0. The normalized spacial score (nSPS) is 12.1. The SMILES string of the molecule is CCC(CC)(CCCCCn1c(-c2ccccc2)c(-c2ccccc2)n(-c2ccccc2)c1=O)P(=O)(O)O. The minimum atomic E-state index is -4.20. The van der Waals surface area contributed by atoms with E-state index >= 15 is 0 Å². The molecule has 38 heavy (non-hydrogen) atoms. The van der Waals surface area contributed by atoms with E-state index in [0.717, 1.165) is 41.0 Å². The van der Waals surface area contributed by atoms with E-state index in [1.54, 1.807) is 4.57 Å². The van der Waals surface area contributed by atoms with Crippen molar-refractivity contribution in [2.45, 2.75) is 64.1 Å². The lowest BCUT2D eigenvalue weighted by molar-refractivity contribution is 0.300. The van der Waals surface area contributed by atoms with E-state index in [4.69, 9.17) is 0 Å². The van der Waals surface area contributed by atoms with Crippen LogP contribution >= 0.6 is 7.60 Å². The summed E-state index contributed by atoms with van der Waals surface area (Å²) in [6.07, 6.45) is 3.59. The van der Waals surface area contributed by atoms with Crippen molar-refractivity contribution in [1.29, 1.82) is 0 Å². The minimum absolute atomic E-state index is 0.0967. The van der Waals surface area contributed by atoms with Gasteiger partial charge in [0.15, 0.2) is 0 Å². The number of rotatable bonds is 12. The van der Waals surface area contributed by atoms with Gasteiger partial charge in [-0.2, -0.15) is 0 Å².